The van der Waals surface area contributed by atoms with E-state index in [0.717, 1.165) is 78.0 Å². The highest BCUT2D eigenvalue weighted by Gasteiger charge is 2.30. The lowest BCUT2D eigenvalue weighted by atomic mass is 9.78. The molecule has 0 bridgehead atoms. The van der Waals surface area contributed by atoms with Gasteiger partial charge in [0.15, 0.2) is 0 Å². The van der Waals surface area contributed by atoms with Crippen molar-refractivity contribution in [3.63, 3.8) is 0 Å². The number of hydrogen-bond acceptors (Lipinski definition) is 3. The fourth-order valence-electron chi connectivity index (χ4n) is 8.57. The van der Waals surface area contributed by atoms with E-state index < -0.39 is 16.9 Å². The second kappa shape index (κ2) is 16.3. The Bertz CT molecular complexity index is 3420. The fraction of sp³-hybridized carbons (Fsp3) is 0.200. The molecular formula is C60H57N3O. The number of benzene rings is 7. The highest BCUT2D eigenvalue weighted by Crippen LogP contribution is 2.46. The van der Waals surface area contributed by atoms with E-state index in [1.807, 2.05) is 72.9 Å². The molecule has 7 aromatic carbocycles. The third-order valence-corrected chi connectivity index (χ3v) is 12.1. The van der Waals surface area contributed by atoms with Crippen molar-refractivity contribution in [3.8, 4) is 78.6 Å². The van der Waals surface area contributed by atoms with Gasteiger partial charge in [0.05, 0.1) is 34.8 Å². The van der Waals surface area contributed by atoms with Crippen LogP contribution in [-0.2, 0) is 16.2 Å². The van der Waals surface area contributed by atoms with Gasteiger partial charge in [-0.15, -0.1) is 0 Å². The number of phenols is 1. The van der Waals surface area contributed by atoms with E-state index in [1.54, 1.807) is 0 Å². The van der Waals surface area contributed by atoms with E-state index in [0.29, 0.717) is 17.0 Å². The van der Waals surface area contributed by atoms with Gasteiger partial charge in [-0.1, -0.05) is 177 Å². The number of imidazole rings is 1. The highest BCUT2D eigenvalue weighted by molar-refractivity contribution is 5.98. The molecular weight excluding hydrogens is 779 g/mol. The van der Waals surface area contributed by atoms with E-state index in [4.69, 9.17) is 16.8 Å². The lowest BCUT2D eigenvalue weighted by Gasteiger charge is -2.28. The van der Waals surface area contributed by atoms with Gasteiger partial charge in [-0.3, -0.25) is 9.55 Å². The van der Waals surface area contributed by atoms with E-state index in [9.17, 15) is 5.11 Å². The summed E-state index contributed by atoms with van der Waals surface area (Å²) in [6.45, 7) is 19.2. The van der Waals surface area contributed by atoms with Crippen LogP contribution in [-0.4, -0.2) is 19.6 Å². The van der Waals surface area contributed by atoms with E-state index >= 15 is 0 Å². The minimum Gasteiger partial charge on any atom is -0.507 e. The molecule has 0 aliphatic carbocycles. The summed E-state index contributed by atoms with van der Waals surface area (Å²) in [4.78, 5) is 10.5. The minimum absolute atomic E-state index is 0.138. The molecule has 64 heavy (non-hydrogen) atoms. The zero-order valence-electron chi connectivity index (χ0n) is 43.1. The Balaban J connectivity index is 1.37. The van der Waals surface area contributed by atoms with Gasteiger partial charge >= 0.3 is 0 Å². The van der Waals surface area contributed by atoms with Crippen LogP contribution in [0.2, 0.25) is 0 Å². The Morgan fingerprint density at radius 1 is 0.484 bits per heavy atom. The maximum atomic E-state index is 12.6. The van der Waals surface area contributed by atoms with Crippen LogP contribution < -0.4 is 0 Å². The van der Waals surface area contributed by atoms with Crippen LogP contribution in [0.25, 0.3) is 83.9 Å². The van der Waals surface area contributed by atoms with Gasteiger partial charge in [0.2, 0.25) is 0 Å². The molecule has 0 atom stereocenters. The van der Waals surface area contributed by atoms with Gasteiger partial charge in [0, 0.05) is 22.9 Å². The zero-order valence-corrected chi connectivity index (χ0v) is 38.1. The number of aromatic nitrogens is 3. The first-order valence-corrected chi connectivity index (χ1v) is 22.0. The zero-order chi connectivity index (χ0) is 49.3. The summed E-state index contributed by atoms with van der Waals surface area (Å²) >= 11 is 0. The normalized spacial score (nSPS) is 13.3. The quantitative estimate of drug-likeness (QED) is 0.174. The van der Waals surface area contributed by atoms with E-state index in [-0.39, 0.29) is 40.9 Å². The molecule has 0 radical (unpaired) electrons. The first-order valence-electron chi connectivity index (χ1n) is 24.5. The molecule has 0 saturated carbocycles. The van der Waals surface area contributed by atoms with Gasteiger partial charge in [0.25, 0.3) is 0 Å². The molecule has 9 rings (SSSR count). The van der Waals surface area contributed by atoms with E-state index in [2.05, 4.69) is 140 Å². The molecule has 0 unspecified atom stereocenters. The number of phenolic OH excluding ortho intramolecular Hbond substituents is 1. The number of pyridine rings is 1. The van der Waals surface area contributed by atoms with Crippen molar-refractivity contribution < 1.29 is 12.0 Å². The largest absolute Gasteiger partial charge is 0.507 e. The van der Waals surface area contributed by atoms with Gasteiger partial charge in [0.1, 0.15) is 11.6 Å². The monoisotopic (exact) mass is 840 g/mol. The van der Waals surface area contributed by atoms with Crippen LogP contribution in [0, 0.1) is 0 Å². The predicted molar refractivity (Wildman–Crippen MR) is 269 cm³/mol. The number of para-hydroxylation sites is 1. The van der Waals surface area contributed by atoms with Gasteiger partial charge in [-0.2, -0.15) is 0 Å². The highest BCUT2D eigenvalue weighted by atomic mass is 16.3. The average Bonchev–Trinajstić information content (AvgIpc) is 3.72. The second-order valence-electron chi connectivity index (χ2n) is 19.8. The summed E-state index contributed by atoms with van der Waals surface area (Å²) in [6, 6.07) is 45.8. The van der Waals surface area contributed by atoms with Crippen molar-refractivity contribution in [1.29, 1.82) is 0 Å². The second-order valence-corrected chi connectivity index (χ2v) is 19.8. The summed E-state index contributed by atoms with van der Waals surface area (Å²) < 4.78 is 45.2. The van der Waals surface area contributed by atoms with Crippen LogP contribution in [0.4, 0.5) is 0 Å². The number of fused-ring (bicyclic) bond motifs is 1. The van der Waals surface area contributed by atoms with Crippen molar-refractivity contribution in [2.24, 2.45) is 0 Å². The van der Waals surface area contributed by atoms with Crippen molar-refractivity contribution in [3.05, 3.63) is 193 Å². The van der Waals surface area contributed by atoms with Crippen molar-refractivity contribution in [2.75, 3.05) is 0 Å². The summed E-state index contributed by atoms with van der Waals surface area (Å²) in [5.41, 5.74) is 12.9. The van der Waals surface area contributed by atoms with E-state index in [1.165, 1.54) is 0 Å². The minimum atomic E-state index is -0.518. The van der Waals surface area contributed by atoms with Crippen LogP contribution >= 0.6 is 0 Å². The summed E-state index contributed by atoms with van der Waals surface area (Å²) in [5.74, 6) is 0.698. The maximum absolute atomic E-state index is 12.6. The summed E-state index contributed by atoms with van der Waals surface area (Å²) in [6.07, 6.45) is 1.86. The van der Waals surface area contributed by atoms with Crippen molar-refractivity contribution >= 4 is 11.0 Å². The standard InChI is InChI=1S/C60H57N3O/c1-58(2,3)47-37-49(56(64)51(38-47)60(7,8)9)57-62-55-48(26-19-27-54(55)63(57)53-29-28-42(35-50(53)59(4,5)6)39-20-13-10-14-21-39)45-32-44(41-24-17-12-18-25-41)33-46(34-45)52-36-43(30-31-61-52)40-22-15-11-16-23-40/h10-38,64H,1-9H3/i10D,13D,14D,20D,21D. The molecule has 1 N–H and O–H groups in total. The molecule has 4 nitrogen and oxygen atoms in total. The molecule has 4 heteroatoms. The molecule has 0 spiro atoms. The molecule has 318 valence electrons. The first kappa shape index (κ1) is 36.4. The summed E-state index contributed by atoms with van der Waals surface area (Å²) in [7, 11) is 0. The fourth-order valence-corrected chi connectivity index (χ4v) is 8.57. The topological polar surface area (TPSA) is 50.9 Å². The van der Waals surface area contributed by atoms with Crippen molar-refractivity contribution in [1.82, 2.24) is 14.5 Å². The van der Waals surface area contributed by atoms with Crippen LogP contribution in [0.15, 0.2) is 176 Å². The molecule has 0 amide bonds. The SMILES string of the molecule is [2H]c1c([2H])c([2H])c(-c2ccc(-n3c(-c4cc(C(C)(C)C)cc(C(C)(C)C)c4O)nc4c(-c5cc(-c6ccccc6)cc(-c6cc(-c7ccccc7)ccn6)c5)cccc43)c(C(C)(C)C)c2)c([2H])c1[2H]. The lowest BCUT2D eigenvalue weighted by molar-refractivity contribution is 0.446. The summed E-state index contributed by atoms with van der Waals surface area (Å²) in [5, 5.41) is 12.6. The smallest absolute Gasteiger partial charge is 0.149 e. The van der Waals surface area contributed by atoms with Crippen molar-refractivity contribution in [2.45, 2.75) is 78.6 Å². The number of nitrogens with zero attached hydrogens (tertiary/aromatic N) is 3. The van der Waals surface area contributed by atoms with Gasteiger partial charge in [-0.05, 0) is 121 Å². The van der Waals surface area contributed by atoms with Gasteiger partial charge in [-0.25, -0.2) is 4.98 Å². The van der Waals surface area contributed by atoms with Crippen LogP contribution in [0.1, 0.15) is 85.9 Å². The average molecular weight is 841 g/mol. The third kappa shape index (κ3) is 8.17. The Hall–Kier alpha value is -7.04. The molecule has 0 aliphatic rings. The predicted octanol–water partition coefficient (Wildman–Crippen LogP) is 16.0. The first-order chi connectivity index (χ1) is 32.6. The van der Waals surface area contributed by atoms with Crippen LogP contribution in [0.3, 0.4) is 0 Å². The number of rotatable bonds is 7. The molecule has 0 fully saturated rings. The molecule has 9 aromatic rings. The molecule has 0 saturated heterocycles. The third-order valence-electron chi connectivity index (χ3n) is 12.1. The molecule has 0 aliphatic heterocycles. The Morgan fingerprint density at radius 2 is 1.11 bits per heavy atom. The molecule has 2 heterocycles. The Kier molecular flexibility index (Phi) is 9.26. The molecule has 2 aromatic heterocycles. The van der Waals surface area contributed by atoms with Gasteiger partial charge < -0.3 is 5.11 Å². The Labute approximate surface area is 386 Å². The Morgan fingerprint density at radius 3 is 1.77 bits per heavy atom. The maximum Gasteiger partial charge on any atom is 0.149 e. The van der Waals surface area contributed by atoms with Crippen LogP contribution in [0.5, 0.6) is 5.75 Å². The lowest BCUT2D eigenvalue weighted by Crippen LogP contribution is -2.18. The number of aromatic hydroxyl groups is 1. The number of hydrogen-bond donors (Lipinski definition) is 1.